The SMILES string of the molecule is O=Cc1cccc(OCCCCCBr)c1. The molecule has 1 aromatic carbocycles. The molecule has 0 atom stereocenters. The Morgan fingerprint density at radius 2 is 2.13 bits per heavy atom. The summed E-state index contributed by atoms with van der Waals surface area (Å²) in [5, 5.41) is 1.05. The van der Waals surface area contributed by atoms with Crippen molar-refractivity contribution in [1.29, 1.82) is 0 Å². The van der Waals surface area contributed by atoms with E-state index in [1.165, 1.54) is 12.8 Å². The van der Waals surface area contributed by atoms with Gasteiger partial charge in [-0.05, 0) is 31.4 Å². The predicted molar refractivity (Wildman–Crippen MR) is 65.0 cm³/mol. The van der Waals surface area contributed by atoms with Crippen LogP contribution >= 0.6 is 15.9 Å². The van der Waals surface area contributed by atoms with E-state index in [-0.39, 0.29) is 0 Å². The number of halogens is 1. The number of carbonyl (C=O) groups is 1. The second-order valence-corrected chi connectivity index (χ2v) is 4.08. The summed E-state index contributed by atoms with van der Waals surface area (Å²) in [4.78, 5) is 10.5. The number of ether oxygens (including phenoxy) is 1. The first kappa shape index (κ1) is 12.2. The summed E-state index contributed by atoms with van der Waals surface area (Å²) >= 11 is 3.39. The third-order valence-corrected chi connectivity index (χ3v) is 2.60. The van der Waals surface area contributed by atoms with Gasteiger partial charge in [-0.15, -0.1) is 0 Å². The first-order valence-electron chi connectivity index (χ1n) is 5.11. The molecule has 0 heterocycles. The lowest BCUT2D eigenvalue weighted by atomic mass is 10.2. The van der Waals surface area contributed by atoms with E-state index in [2.05, 4.69) is 15.9 Å². The molecule has 1 rings (SSSR count). The van der Waals surface area contributed by atoms with Gasteiger partial charge in [0.2, 0.25) is 0 Å². The van der Waals surface area contributed by atoms with E-state index < -0.39 is 0 Å². The zero-order chi connectivity index (χ0) is 10.9. The molecule has 82 valence electrons. The van der Waals surface area contributed by atoms with E-state index in [0.29, 0.717) is 5.56 Å². The summed E-state index contributed by atoms with van der Waals surface area (Å²) in [7, 11) is 0. The molecule has 0 aliphatic rings. The summed E-state index contributed by atoms with van der Waals surface area (Å²) in [6.45, 7) is 0.718. The molecule has 0 aliphatic carbocycles. The van der Waals surface area contributed by atoms with E-state index in [0.717, 1.165) is 30.4 Å². The van der Waals surface area contributed by atoms with Crippen LogP contribution in [0.3, 0.4) is 0 Å². The highest BCUT2D eigenvalue weighted by molar-refractivity contribution is 9.09. The van der Waals surface area contributed by atoms with Crippen molar-refractivity contribution in [1.82, 2.24) is 0 Å². The van der Waals surface area contributed by atoms with Crippen molar-refractivity contribution in [3.8, 4) is 5.75 Å². The Kier molecular flexibility index (Phi) is 6.09. The van der Waals surface area contributed by atoms with Crippen molar-refractivity contribution in [3.63, 3.8) is 0 Å². The van der Waals surface area contributed by atoms with Crippen molar-refractivity contribution in [2.45, 2.75) is 19.3 Å². The Labute approximate surface area is 98.8 Å². The maximum atomic E-state index is 10.5. The second-order valence-electron chi connectivity index (χ2n) is 3.29. The van der Waals surface area contributed by atoms with Crippen LogP contribution in [0.5, 0.6) is 5.75 Å². The molecular weight excluding hydrogens is 256 g/mol. The Morgan fingerprint density at radius 3 is 2.87 bits per heavy atom. The maximum absolute atomic E-state index is 10.5. The summed E-state index contributed by atoms with van der Waals surface area (Å²) in [6.07, 6.45) is 4.23. The number of unbranched alkanes of at least 4 members (excludes halogenated alkanes) is 2. The summed E-state index contributed by atoms with van der Waals surface area (Å²) < 4.78 is 5.52. The fourth-order valence-corrected chi connectivity index (χ4v) is 1.64. The van der Waals surface area contributed by atoms with Gasteiger partial charge in [-0.1, -0.05) is 28.1 Å². The molecule has 1 aromatic rings. The molecule has 0 saturated carbocycles. The molecule has 0 saturated heterocycles. The van der Waals surface area contributed by atoms with Crippen LogP contribution < -0.4 is 4.74 Å². The lowest BCUT2D eigenvalue weighted by Crippen LogP contribution is -1.97. The van der Waals surface area contributed by atoms with Gasteiger partial charge < -0.3 is 4.74 Å². The van der Waals surface area contributed by atoms with Gasteiger partial charge in [0, 0.05) is 10.9 Å². The van der Waals surface area contributed by atoms with Crippen LogP contribution in [0.1, 0.15) is 29.6 Å². The van der Waals surface area contributed by atoms with Crippen molar-refractivity contribution in [2.75, 3.05) is 11.9 Å². The average Bonchev–Trinajstić information content (AvgIpc) is 2.29. The van der Waals surface area contributed by atoms with Gasteiger partial charge in [-0.25, -0.2) is 0 Å². The van der Waals surface area contributed by atoms with Crippen LogP contribution in [0, 0.1) is 0 Å². The van der Waals surface area contributed by atoms with E-state index in [9.17, 15) is 4.79 Å². The van der Waals surface area contributed by atoms with E-state index in [1.54, 1.807) is 12.1 Å². The quantitative estimate of drug-likeness (QED) is 0.431. The molecule has 3 heteroatoms. The maximum Gasteiger partial charge on any atom is 0.150 e. The number of benzene rings is 1. The molecule has 0 bridgehead atoms. The van der Waals surface area contributed by atoms with Gasteiger partial charge in [-0.3, -0.25) is 4.79 Å². The lowest BCUT2D eigenvalue weighted by molar-refractivity contribution is 0.112. The number of hydrogen-bond acceptors (Lipinski definition) is 2. The average molecular weight is 271 g/mol. The third kappa shape index (κ3) is 4.98. The largest absolute Gasteiger partial charge is 0.494 e. The number of rotatable bonds is 7. The standard InChI is InChI=1S/C12H15BrO2/c13-7-2-1-3-8-15-12-6-4-5-11(9-12)10-14/h4-6,9-10H,1-3,7-8H2. The van der Waals surface area contributed by atoms with Crippen LogP contribution in [-0.2, 0) is 0 Å². The molecule has 0 radical (unpaired) electrons. The topological polar surface area (TPSA) is 26.3 Å². The van der Waals surface area contributed by atoms with Crippen LogP contribution in [-0.4, -0.2) is 18.2 Å². The van der Waals surface area contributed by atoms with Crippen LogP contribution in [0.2, 0.25) is 0 Å². The molecule has 0 aliphatic heterocycles. The van der Waals surface area contributed by atoms with Crippen molar-refractivity contribution >= 4 is 22.2 Å². The van der Waals surface area contributed by atoms with Gasteiger partial charge in [-0.2, -0.15) is 0 Å². The van der Waals surface area contributed by atoms with Gasteiger partial charge >= 0.3 is 0 Å². The Bertz CT molecular complexity index is 299. The predicted octanol–water partition coefficient (Wildman–Crippen LogP) is 3.44. The van der Waals surface area contributed by atoms with Crippen LogP contribution in [0.4, 0.5) is 0 Å². The fraction of sp³-hybridized carbons (Fsp3) is 0.417. The molecule has 0 unspecified atom stereocenters. The second kappa shape index (κ2) is 7.46. The smallest absolute Gasteiger partial charge is 0.150 e. The minimum Gasteiger partial charge on any atom is -0.494 e. The van der Waals surface area contributed by atoms with Gasteiger partial charge in [0.15, 0.2) is 0 Å². The molecule has 0 spiro atoms. The van der Waals surface area contributed by atoms with Gasteiger partial charge in [0.25, 0.3) is 0 Å². The van der Waals surface area contributed by atoms with Gasteiger partial charge in [0.05, 0.1) is 6.61 Å². The van der Waals surface area contributed by atoms with E-state index >= 15 is 0 Å². The van der Waals surface area contributed by atoms with Crippen molar-refractivity contribution in [2.24, 2.45) is 0 Å². The van der Waals surface area contributed by atoms with Crippen LogP contribution in [0.25, 0.3) is 0 Å². The molecular formula is C12H15BrO2. The Balaban J connectivity index is 2.27. The Morgan fingerprint density at radius 1 is 1.27 bits per heavy atom. The number of carbonyl (C=O) groups excluding carboxylic acids is 1. The first-order valence-corrected chi connectivity index (χ1v) is 6.23. The molecule has 0 amide bonds. The summed E-state index contributed by atoms with van der Waals surface area (Å²) in [6, 6.07) is 7.23. The Hall–Kier alpha value is -0.830. The minimum atomic E-state index is 0.660. The highest BCUT2D eigenvalue weighted by atomic mass is 79.9. The molecule has 2 nitrogen and oxygen atoms in total. The fourth-order valence-electron chi connectivity index (χ4n) is 1.24. The monoisotopic (exact) mass is 270 g/mol. The normalized spacial score (nSPS) is 9.93. The van der Waals surface area contributed by atoms with Crippen molar-refractivity contribution in [3.05, 3.63) is 29.8 Å². The molecule has 0 N–H and O–H groups in total. The first-order chi connectivity index (χ1) is 7.36. The zero-order valence-electron chi connectivity index (χ0n) is 8.62. The summed E-state index contributed by atoms with van der Waals surface area (Å²) in [5.41, 5.74) is 0.660. The number of aldehydes is 1. The number of hydrogen-bond donors (Lipinski definition) is 0. The highest BCUT2D eigenvalue weighted by Crippen LogP contribution is 2.12. The van der Waals surface area contributed by atoms with E-state index in [4.69, 9.17) is 4.74 Å². The highest BCUT2D eigenvalue weighted by Gasteiger charge is 1.95. The zero-order valence-corrected chi connectivity index (χ0v) is 10.2. The molecule has 15 heavy (non-hydrogen) atoms. The van der Waals surface area contributed by atoms with Crippen LogP contribution in [0.15, 0.2) is 24.3 Å². The van der Waals surface area contributed by atoms with E-state index in [1.807, 2.05) is 12.1 Å². The molecule has 0 aromatic heterocycles. The minimum absolute atomic E-state index is 0.660. The third-order valence-electron chi connectivity index (χ3n) is 2.04. The van der Waals surface area contributed by atoms with Crippen molar-refractivity contribution < 1.29 is 9.53 Å². The number of alkyl halides is 1. The summed E-state index contributed by atoms with van der Waals surface area (Å²) in [5.74, 6) is 0.776. The lowest BCUT2D eigenvalue weighted by Gasteiger charge is -2.05. The van der Waals surface area contributed by atoms with Gasteiger partial charge in [0.1, 0.15) is 12.0 Å². The molecule has 0 fully saturated rings.